The van der Waals surface area contributed by atoms with Crippen molar-refractivity contribution in [3.05, 3.63) is 83.9 Å². The molecule has 1 aromatic carbocycles. The van der Waals surface area contributed by atoms with Gasteiger partial charge < -0.3 is 5.32 Å². The number of hydrogen-bond donors (Lipinski definition) is 1. The lowest BCUT2D eigenvalue weighted by Gasteiger charge is -2.10. The van der Waals surface area contributed by atoms with E-state index in [1.165, 1.54) is 0 Å². The van der Waals surface area contributed by atoms with E-state index in [0.29, 0.717) is 17.2 Å². The van der Waals surface area contributed by atoms with Gasteiger partial charge in [-0.3, -0.25) is 9.20 Å². The maximum Gasteiger partial charge on any atom is 0.228 e. The zero-order chi connectivity index (χ0) is 23.2. The topological polar surface area (TPSA) is 93.8 Å². The van der Waals surface area contributed by atoms with Crippen molar-refractivity contribution in [1.29, 1.82) is 0 Å². The van der Waals surface area contributed by atoms with E-state index in [4.69, 9.17) is 11.7 Å². The second-order valence-electron chi connectivity index (χ2n) is 8.54. The van der Waals surface area contributed by atoms with Gasteiger partial charge >= 0.3 is 0 Å². The molecule has 1 aliphatic carbocycles. The monoisotopic (exact) mass is 448 g/mol. The summed E-state index contributed by atoms with van der Waals surface area (Å²) in [6.45, 7) is 9.17. The van der Waals surface area contributed by atoms with Gasteiger partial charge in [-0.15, -0.1) is 10.2 Å². The summed E-state index contributed by atoms with van der Waals surface area (Å²) in [5.41, 5.74) is 4.85. The molecule has 1 amide bonds. The Morgan fingerprint density at radius 2 is 1.79 bits per heavy atom. The Bertz CT molecular complexity index is 1590. The lowest BCUT2D eigenvalue weighted by atomic mass is 10.1. The Kier molecular flexibility index (Phi) is 4.59. The minimum atomic E-state index is -0.133. The molecule has 1 fully saturated rings. The molecule has 9 heteroatoms. The molecule has 9 nitrogen and oxygen atoms in total. The Balaban J connectivity index is 1.32. The van der Waals surface area contributed by atoms with Gasteiger partial charge in [0.25, 0.3) is 0 Å². The fourth-order valence-electron chi connectivity index (χ4n) is 4.00. The van der Waals surface area contributed by atoms with Crippen LogP contribution in [0.15, 0.2) is 60.9 Å². The highest BCUT2D eigenvalue weighted by atomic mass is 16.2. The van der Waals surface area contributed by atoms with Gasteiger partial charge in [0.15, 0.2) is 22.8 Å². The molecule has 0 saturated heterocycles. The van der Waals surface area contributed by atoms with Crippen LogP contribution < -0.4 is 5.32 Å². The minimum absolute atomic E-state index is 0.0199. The number of aromatic nitrogens is 6. The predicted molar refractivity (Wildman–Crippen MR) is 127 cm³/mol. The van der Waals surface area contributed by atoms with Gasteiger partial charge in [-0.2, -0.15) is 5.10 Å². The maximum atomic E-state index is 12.1. The number of fused-ring (bicyclic) bond motifs is 2. The first-order valence-electron chi connectivity index (χ1n) is 11.1. The first-order valence-corrected chi connectivity index (χ1v) is 11.1. The van der Waals surface area contributed by atoms with Crippen molar-refractivity contribution < 1.29 is 4.79 Å². The van der Waals surface area contributed by atoms with Crippen LogP contribution in [0.4, 0.5) is 11.5 Å². The van der Waals surface area contributed by atoms with E-state index in [9.17, 15) is 4.79 Å². The van der Waals surface area contributed by atoms with Crippen molar-refractivity contribution in [1.82, 2.24) is 29.2 Å². The normalized spacial score (nSPS) is 14.2. The van der Waals surface area contributed by atoms with E-state index in [0.717, 1.165) is 41.1 Å². The lowest BCUT2D eigenvalue weighted by Crippen LogP contribution is -2.13. The summed E-state index contributed by atoms with van der Waals surface area (Å²) < 4.78 is 3.66. The number of nitrogens with one attached hydrogen (secondary N) is 1. The molecular weight excluding hydrogens is 428 g/mol. The van der Waals surface area contributed by atoms with Gasteiger partial charge in [0.1, 0.15) is 5.82 Å². The number of benzene rings is 1. The predicted octanol–water partition coefficient (Wildman–Crippen LogP) is 4.49. The van der Waals surface area contributed by atoms with Crippen LogP contribution >= 0.6 is 0 Å². The van der Waals surface area contributed by atoms with Gasteiger partial charge in [0, 0.05) is 12.1 Å². The van der Waals surface area contributed by atoms with Crippen molar-refractivity contribution >= 4 is 28.7 Å². The maximum absolute atomic E-state index is 12.1. The molecule has 0 aliphatic heterocycles. The first-order chi connectivity index (χ1) is 16.6. The van der Waals surface area contributed by atoms with Crippen molar-refractivity contribution in [3.63, 3.8) is 0 Å². The Morgan fingerprint density at radius 3 is 2.56 bits per heavy atom. The molecule has 1 saturated carbocycles. The number of pyridine rings is 1. The molecule has 4 heterocycles. The van der Waals surface area contributed by atoms with Gasteiger partial charge in [-0.1, -0.05) is 24.3 Å². The summed E-state index contributed by atoms with van der Waals surface area (Å²) in [6, 6.07) is 15.3. The van der Waals surface area contributed by atoms with Gasteiger partial charge in [-0.05, 0) is 55.2 Å². The summed E-state index contributed by atoms with van der Waals surface area (Å²) >= 11 is 0. The number of rotatable bonds is 5. The Labute approximate surface area is 194 Å². The largest absolute Gasteiger partial charge is 0.309 e. The summed E-state index contributed by atoms with van der Waals surface area (Å²) in [5.74, 6) is 1.28. The standard InChI is InChI=1S/C25H20N8O/c1-15(20-10-12-22-27-21(14-33(22)31-20)28-25(34)17-3-4-17)24-30-29-23-11-7-18(13-32(23)24)16-5-8-19(26-2)9-6-16/h5-15,17H,3-4H2,1H3,(H,28,34). The number of imidazole rings is 1. The zero-order valence-electron chi connectivity index (χ0n) is 18.4. The average Bonchev–Trinajstić information content (AvgIpc) is 3.52. The molecule has 166 valence electrons. The summed E-state index contributed by atoms with van der Waals surface area (Å²) in [5, 5.41) is 16.4. The van der Waals surface area contributed by atoms with Crippen molar-refractivity contribution in [2.24, 2.45) is 5.92 Å². The highest BCUT2D eigenvalue weighted by Crippen LogP contribution is 2.30. The van der Waals surface area contributed by atoms with Crippen LogP contribution in [0.25, 0.3) is 27.3 Å². The fourth-order valence-corrected chi connectivity index (χ4v) is 4.00. The lowest BCUT2D eigenvalue weighted by molar-refractivity contribution is -0.117. The molecule has 5 aromatic rings. The van der Waals surface area contributed by atoms with E-state index >= 15 is 0 Å². The van der Waals surface area contributed by atoms with Gasteiger partial charge in [0.05, 0.1) is 24.4 Å². The molecule has 1 N–H and O–H groups in total. The summed E-state index contributed by atoms with van der Waals surface area (Å²) in [7, 11) is 0. The molecule has 0 radical (unpaired) electrons. The molecule has 6 rings (SSSR count). The molecule has 1 aliphatic rings. The third kappa shape index (κ3) is 3.55. The molecule has 1 atom stereocenters. The average molecular weight is 448 g/mol. The fraction of sp³-hybridized carbons (Fsp3) is 0.200. The van der Waals surface area contributed by atoms with Gasteiger partial charge in [-0.25, -0.2) is 14.3 Å². The van der Waals surface area contributed by atoms with Crippen LogP contribution in [-0.4, -0.2) is 35.1 Å². The number of hydrogen-bond acceptors (Lipinski definition) is 5. The number of amides is 1. The number of carbonyl (C=O) groups is 1. The molecule has 34 heavy (non-hydrogen) atoms. The highest BCUT2D eigenvalue weighted by Gasteiger charge is 2.30. The van der Waals surface area contributed by atoms with Crippen LogP contribution in [0.2, 0.25) is 0 Å². The van der Waals surface area contributed by atoms with Crippen LogP contribution in [0.5, 0.6) is 0 Å². The number of anilines is 1. The van der Waals surface area contributed by atoms with E-state index in [2.05, 4.69) is 25.3 Å². The van der Waals surface area contributed by atoms with E-state index < -0.39 is 0 Å². The number of nitrogens with zero attached hydrogens (tertiary/aromatic N) is 7. The van der Waals surface area contributed by atoms with Crippen LogP contribution in [0.3, 0.4) is 0 Å². The SMILES string of the molecule is [C-]#[N+]c1ccc(-c2ccc3nnc(C(C)c4ccc5nc(NC(=O)C6CC6)cn5n4)n3c2)cc1. The van der Waals surface area contributed by atoms with Crippen molar-refractivity contribution in [2.45, 2.75) is 25.7 Å². The molecular formula is C25H20N8O. The second kappa shape index (κ2) is 7.78. The highest BCUT2D eigenvalue weighted by molar-refractivity contribution is 5.93. The molecule has 1 unspecified atom stereocenters. The van der Waals surface area contributed by atoms with E-state index in [1.807, 2.05) is 66.1 Å². The van der Waals surface area contributed by atoms with Gasteiger partial charge in [0.2, 0.25) is 5.91 Å². The van der Waals surface area contributed by atoms with Crippen LogP contribution in [0, 0.1) is 12.5 Å². The van der Waals surface area contributed by atoms with Crippen molar-refractivity contribution in [3.8, 4) is 11.1 Å². The summed E-state index contributed by atoms with van der Waals surface area (Å²) in [6.07, 6.45) is 5.63. The third-order valence-corrected chi connectivity index (χ3v) is 6.13. The third-order valence-electron chi connectivity index (χ3n) is 6.13. The minimum Gasteiger partial charge on any atom is -0.309 e. The first kappa shape index (κ1) is 20.1. The molecule has 0 bridgehead atoms. The van der Waals surface area contributed by atoms with E-state index in [1.54, 1.807) is 10.7 Å². The Hall–Kier alpha value is -4.58. The molecule has 4 aromatic heterocycles. The summed E-state index contributed by atoms with van der Waals surface area (Å²) in [4.78, 5) is 20.0. The van der Waals surface area contributed by atoms with E-state index in [-0.39, 0.29) is 17.7 Å². The molecule has 0 spiro atoms. The Morgan fingerprint density at radius 1 is 1.03 bits per heavy atom. The smallest absolute Gasteiger partial charge is 0.228 e. The quantitative estimate of drug-likeness (QED) is 0.400. The second-order valence-corrected chi connectivity index (χ2v) is 8.54. The van der Waals surface area contributed by atoms with Crippen LogP contribution in [-0.2, 0) is 4.79 Å². The number of carbonyl (C=O) groups excluding carboxylic acids is 1. The zero-order valence-corrected chi connectivity index (χ0v) is 18.4. The van der Waals surface area contributed by atoms with Crippen molar-refractivity contribution in [2.75, 3.05) is 5.32 Å². The van der Waals surface area contributed by atoms with Crippen LogP contribution in [0.1, 0.15) is 37.2 Å².